The molecule has 11 nitrogen and oxygen atoms in total. The second-order valence-corrected chi connectivity index (χ2v) is 11.5. The lowest BCUT2D eigenvalue weighted by Gasteiger charge is -2.30. The molecule has 0 aromatic heterocycles. The Balaban J connectivity index is 3.19. The molecule has 0 aliphatic heterocycles. The Morgan fingerprint density at radius 3 is 1.88 bits per heavy atom. The fraction of sp³-hybridized carbons (Fsp3) is 0.677. The van der Waals surface area contributed by atoms with Crippen LogP contribution in [0.4, 0.5) is 9.59 Å². The molecule has 0 aliphatic carbocycles. The summed E-state index contributed by atoms with van der Waals surface area (Å²) in [6.07, 6.45) is 0.0682. The molecule has 0 bridgehead atoms. The van der Waals surface area contributed by atoms with E-state index in [2.05, 4.69) is 0 Å². The third kappa shape index (κ3) is 13.5. The van der Waals surface area contributed by atoms with Gasteiger partial charge in [-0.25, -0.2) is 9.59 Å². The Hall–Kier alpha value is -3.34. The van der Waals surface area contributed by atoms with Crippen LogP contribution in [-0.2, 0) is 35.0 Å². The fourth-order valence-electron chi connectivity index (χ4n) is 4.04. The third-order valence-corrected chi connectivity index (χ3v) is 6.43. The van der Waals surface area contributed by atoms with Crippen molar-refractivity contribution in [1.82, 2.24) is 0 Å². The molecule has 3 atom stereocenters. The lowest BCUT2D eigenvalue weighted by molar-refractivity contribution is -0.157. The van der Waals surface area contributed by atoms with Gasteiger partial charge in [-0.1, -0.05) is 54.0 Å². The summed E-state index contributed by atoms with van der Waals surface area (Å²) in [6, 6.07) is 4.40. The first kappa shape index (κ1) is 36.7. The maximum atomic E-state index is 12.8. The van der Waals surface area contributed by atoms with Gasteiger partial charge in [-0.2, -0.15) is 0 Å². The zero-order valence-corrected chi connectivity index (χ0v) is 26.4. The second-order valence-electron chi connectivity index (χ2n) is 11.5. The van der Waals surface area contributed by atoms with Crippen molar-refractivity contribution in [3.63, 3.8) is 0 Å². The normalized spacial score (nSPS) is 14.0. The Morgan fingerprint density at radius 1 is 0.833 bits per heavy atom. The Bertz CT molecular complexity index is 1020. The Morgan fingerprint density at radius 2 is 1.38 bits per heavy atom. The van der Waals surface area contributed by atoms with E-state index in [1.165, 1.54) is 19.2 Å². The van der Waals surface area contributed by atoms with E-state index < -0.39 is 29.9 Å². The van der Waals surface area contributed by atoms with Crippen LogP contribution >= 0.6 is 0 Å². The molecule has 0 aliphatic rings. The van der Waals surface area contributed by atoms with Gasteiger partial charge in [0.25, 0.3) is 0 Å². The number of nitrogens with two attached hydrogens (primary N) is 1. The molecule has 2 N–H and O–H groups in total. The molecule has 0 saturated carbocycles. The van der Waals surface area contributed by atoms with Gasteiger partial charge in [0.15, 0.2) is 11.5 Å². The zero-order chi connectivity index (χ0) is 31.9. The smallest absolute Gasteiger partial charge is 0.468 e. The number of rotatable bonds is 17. The van der Waals surface area contributed by atoms with Crippen molar-refractivity contribution in [2.45, 2.75) is 98.6 Å². The van der Waals surface area contributed by atoms with Crippen LogP contribution in [-0.4, -0.2) is 56.2 Å². The minimum absolute atomic E-state index is 0.0296. The Labute approximate surface area is 249 Å². The van der Waals surface area contributed by atoms with Gasteiger partial charge in [0, 0.05) is 12.8 Å². The minimum atomic E-state index is -1.59. The van der Waals surface area contributed by atoms with E-state index in [0.29, 0.717) is 36.7 Å². The summed E-state index contributed by atoms with van der Waals surface area (Å²) in [7, 11) is 1.22. The number of hydrogen-bond donors (Lipinski definition) is 1. The van der Waals surface area contributed by atoms with E-state index in [1.807, 2.05) is 34.6 Å². The summed E-state index contributed by atoms with van der Waals surface area (Å²) in [6.45, 7) is 13.7. The van der Waals surface area contributed by atoms with Gasteiger partial charge >= 0.3 is 24.2 Å². The summed E-state index contributed by atoms with van der Waals surface area (Å²) < 4.78 is 31.5. The molecule has 238 valence electrons. The lowest BCUT2D eigenvalue weighted by Crippen LogP contribution is -2.53. The average molecular weight is 596 g/mol. The maximum absolute atomic E-state index is 12.8. The standard InChI is InChI=1S/C31H49NO10/c1-9-10-22(6)27(33)40-23(7)18-31(32,28(34)37-8)19-24-11-12-25(41-29(35)38-15-13-20(2)3)26(17-24)42-30(36)39-16-14-21(4)5/h11-12,17,20-23H,9-10,13-16,18-19,32H2,1-8H3/t22?,23-,31?/m0/s1. The van der Waals surface area contributed by atoms with E-state index in [9.17, 15) is 19.2 Å². The number of hydrogen-bond acceptors (Lipinski definition) is 11. The SMILES string of the molecule is CCCC(C)C(=O)O[C@@H](C)CC(N)(Cc1ccc(OC(=O)OCCC(C)C)c(OC(=O)OCCC(C)C)c1)C(=O)OC. The molecular formula is C31H49NO10. The van der Waals surface area contributed by atoms with Crippen molar-refractivity contribution < 1.29 is 47.6 Å². The molecule has 2 unspecified atom stereocenters. The topological polar surface area (TPSA) is 150 Å². The van der Waals surface area contributed by atoms with E-state index in [-0.39, 0.29) is 49.4 Å². The number of methoxy groups -OCH3 is 1. The molecule has 0 saturated heterocycles. The van der Waals surface area contributed by atoms with E-state index in [0.717, 1.165) is 6.42 Å². The monoisotopic (exact) mass is 595 g/mol. The molecule has 42 heavy (non-hydrogen) atoms. The van der Waals surface area contributed by atoms with Crippen LogP contribution in [0.2, 0.25) is 0 Å². The summed E-state index contributed by atoms with van der Waals surface area (Å²) >= 11 is 0. The molecule has 1 aromatic rings. The molecule has 0 amide bonds. The van der Waals surface area contributed by atoms with Crippen molar-refractivity contribution in [2.75, 3.05) is 20.3 Å². The lowest BCUT2D eigenvalue weighted by atomic mass is 9.86. The van der Waals surface area contributed by atoms with Crippen LogP contribution in [0.15, 0.2) is 18.2 Å². The van der Waals surface area contributed by atoms with Crippen molar-refractivity contribution in [2.24, 2.45) is 23.5 Å². The van der Waals surface area contributed by atoms with Gasteiger partial charge in [-0.05, 0) is 55.7 Å². The number of carbonyl (C=O) groups excluding carboxylic acids is 4. The highest BCUT2D eigenvalue weighted by atomic mass is 16.7. The maximum Gasteiger partial charge on any atom is 0.513 e. The highest BCUT2D eigenvalue weighted by molar-refractivity contribution is 5.81. The summed E-state index contributed by atoms with van der Waals surface area (Å²) in [5, 5.41) is 0. The summed E-state index contributed by atoms with van der Waals surface area (Å²) in [4.78, 5) is 49.9. The summed E-state index contributed by atoms with van der Waals surface area (Å²) in [5.74, 6) is -0.930. The molecule has 0 heterocycles. The fourth-order valence-corrected chi connectivity index (χ4v) is 4.04. The summed E-state index contributed by atoms with van der Waals surface area (Å²) in [5.41, 5.74) is 5.41. The second kappa shape index (κ2) is 18.3. The highest BCUT2D eigenvalue weighted by Crippen LogP contribution is 2.32. The highest BCUT2D eigenvalue weighted by Gasteiger charge is 2.38. The van der Waals surface area contributed by atoms with Gasteiger partial charge in [-0.15, -0.1) is 0 Å². The third-order valence-electron chi connectivity index (χ3n) is 6.43. The van der Waals surface area contributed by atoms with Crippen LogP contribution < -0.4 is 15.2 Å². The first-order valence-electron chi connectivity index (χ1n) is 14.6. The average Bonchev–Trinajstić information content (AvgIpc) is 2.89. The first-order valence-corrected chi connectivity index (χ1v) is 14.6. The van der Waals surface area contributed by atoms with Crippen LogP contribution in [0, 0.1) is 17.8 Å². The van der Waals surface area contributed by atoms with E-state index in [4.69, 9.17) is 34.2 Å². The molecule has 0 fully saturated rings. The predicted molar refractivity (Wildman–Crippen MR) is 156 cm³/mol. The van der Waals surface area contributed by atoms with Crippen molar-refractivity contribution in [3.05, 3.63) is 23.8 Å². The number of ether oxygens (including phenoxy) is 6. The van der Waals surface area contributed by atoms with Gasteiger partial charge < -0.3 is 34.2 Å². The van der Waals surface area contributed by atoms with E-state index in [1.54, 1.807) is 19.9 Å². The zero-order valence-electron chi connectivity index (χ0n) is 26.4. The molecule has 1 rings (SSSR count). The van der Waals surface area contributed by atoms with Gasteiger partial charge in [0.05, 0.1) is 26.2 Å². The Kier molecular flexibility index (Phi) is 15.9. The number of carbonyl (C=O) groups is 4. The molecule has 11 heteroatoms. The van der Waals surface area contributed by atoms with Crippen molar-refractivity contribution >= 4 is 24.2 Å². The quantitative estimate of drug-likeness (QED) is 0.129. The number of esters is 2. The number of benzene rings is 1. The molecular weight excluding hydrogens is 546 g/mol. The molecule has 0 spiro atoms. The molecule has 1 aromatic carbocycles. The predicted octanol–water partition coefficient (Wildman–Crippen LogP) is 5.98. The van der Waals surface area contributed by atoms with Crippen LogP contribution in [0.5, 0.6) is 11.5 Å². The first-order chi connectivity index (χ1) is 19.7. The largest absolute Gasteiger partial charge is 0.513 e. The van der Waals surface area contributed by atoms with Gasteiger partial charge in [0.1, 0.15) is 11.6 Å². The van der Waals surface area contributed by atoms with Crippen LogP contribution in [0.1, 0.15) is 86.1 Å². The van der Waals surface area contributed by atoms with Crippen molar-refractivity contribution in [1.29, 1.82) is 0 Å². The van der Waals surface area contributed by atoms with Crippen LogP contribution in [0.25, 0.3) is 0 Å². The minimum Gasteiger partial charge on any atom is -0.468 e. The van der Waals surface area contributed by atoms with Crippen molar-refractivity contribution in [3.8, 4) is 11.5 Å². The van der Waals surface area contributed by atoms with Gasteiger partial charge in [0.2, 0.25) is 0 Å². The van der Waals surface area contributed by atoms with Crippen LogP contribution in [0.3, 0.4) is 0 Å². The van der Waals surface area contributed by atoms with Gasteiger partial charge in [-0.3, -0.25) is 9.59 Å². The van der Waals surface area contributed by atoms with E-state index >= 15 is 0 Å². The molecule has 0 radical (unpaired) electrons.